The fraction of sp³-hybridized carbons (Fsp3) is 0.727. The van der Waals surface area contributed by atoms with E-state index in [4.69, 9.17) is 15.2 Å². The van der Waals surface area contributed by atoms with E-state index in [1.807, 2.05) is 19.4 Å². The van der Waals surface area contributed by atoms with E-state index in [9.17, 15) is 0 Å². The summed E-state index contributed by atoms with van der Waals surface area (Å²) in [6, 6.07) is 0. The lowest BCUT2D eigenvalue weighted by atomic mass is 10.1. The minimum Gasteiger partial charge on any atom is -0.381 e. The normalized spacial score (nSPS) is 19.9. The van der Waals surface area contributed by atoms with Crippen molar-refractivity contribution in [3.8, 4) is 0 Å². The molecule has 1 aromatic rings. The lowest BCUT2D eigenvalue weighted by Gasteiger charge is -2.26. The molecule has 0 aliphatic carbocycles. The van der Waals surface area contributed by atoms with Crippen LogP contribution in [0.15, 0.2) is 12.4 Å². The second-order valence-corrected chi connectivity index (χ2v) is 4.12. The topological polar surface area (TPSA) is 62.3 Å². The van der Waals surface area contributed by atoms with Gasteiger partial charge in [-0.15, -0.1) is 0 Å². The largest absolute Gasteiger partial charge is 0.381 e. The van der Waals surface area contributed by atoms with Crippen molar-refractivity contribution in [2.75, 3.05) is 19.8 Å². The van der Waals surface area contributed by atoms with Crippen molar-refractivity contribution in [2.24, 2.45) is 12.8 Å². The van der Waals surface area contributed by atoms with Crippen LogP contribution < -0.4 is 5.73 Å². The first kappa shape index (κ1) is 11.6. The molecule has 0 radical (unpaired) electrons. The Bertz CT molecular complexity index is 321. The van der Waals surface area contributed by atoms with Crippen molar-refractivity contribution in [1.82, 2.24) is 9.78 Å². The van der Waals surface area contributed by atoms with Crippen LogP contribution in [0.2, 0.25) is 0 Å². The van der Waals surface area contributed by atoms with Gasteiger partial charge < -0.3 is 15.2 Å². The van der Waals surface area contributed by atoms with Crippen LogP contribution >= 0.6 is 0 Å². The third kappa shape index (κ3) is 2.81. The van der Waals surface area contributed by atoms with Crippen LogP contribution in [-0.4, -0.2) is 35.6 Å². The molecule has 5 heteroatoms. The van der Waals surface area contributed by atoms with Crippen molar-refractivity contribution in [1.29, 1.82) is 0 Å². The van der Waals surface area contributed by atoms with Gasteiger partial charge in [0.2, 0.25) is 0 Å². The predicted molar refractivity (Wildman–Crippen MR) is 59.9 cm³/mol. The maximum Gasteiger partial charge on any atom is 0.0981 e. The second kappa shape index (κ2) is 5.43. The molecule has 90 valence electrons. The molecule has 1 aliphatic heterocycles. The van der Waals surface area contributed by atoms with E-state index in [-0.39, 0.29) is 12.2 Å². The van der Waals surface area contributed by atoms with Crippen LogP contribution in [0.4, 0.5) is 0 Å². The smallest absolute Gasteiger partial charge is 0.0981 e. The van der Waals surface area contributed by atoms with Crippen molar-refractivity contribution in [3.63, 3.8) is 0 Å². The average Bonchev–Trinajstić information content (AvgIpc) is 2.74. The Morgan fingerprint density at radius 3 is 2.94 bits per heavy atom. The number of nitrogens with two attached hydrogens (primary N) is 1. The molecule has 1 atom stereocenters. The maximum absolute atomic E-state index is 5.98. The van der Waals surface area contributed by atoms with Gasteiger partial charge in [-0.3, -0.25) is 4.68 Å². The highest BCUT2D eigenvalue weighted by Crippen LogP contribution is 2.21. The standard InChI is InChI=1S/C11H19N3O2/c1-14-8-9(7-13-14)11(6-12)16-10-2-4-15-5-3-10/h7-8,10-11H,2-6,12H2,1H3. The Hall–Kier alpha value is -0.910. The molecule has 2 N–H and O–H groups in total. The number of aromatic nitrogens is 2. The maximum atomic E-state index is 5.98. The molecule has 0 aromatic carbocycles. The molecule has 0 amide bonds. The molecule has 0 spiro atoms. The van der Waals surface area contributed by atoms with E-state index in [2.05, 4.69) is 5.10 Å². The quantitative estimate of drug-likeness (QED) is 0.815. The van der Waals surface area contributed by atoms with Gasteiger partial charge in [-0.25, -0.2) is 0 Å². The molecule has 0 saturated carbocycles. The Morgan fingerprint density at radius 2 is 2.38 bits per heavy atom. The van der Waals surface area contributed by atoms with Crippen molar-refractivity contribution in [3.05, 3.63) is 18.0 Å². The summed E-state index contributed by atoms with van der Waals surface area (Å²) in [5.74, 6) is 0. The molecule has 5 nitrogen and oxygen atoms in total. The zero-order chi connectivity index (χ0) is 11.4. The molecule has 16 heavy (non-hydrogen) atoms. The summed E-state index contributed by atoms with van der Waals surface area (Å²) >= 11 is 0. The Morgan fingerprint density at radius 1 is 1.62 bits per heavy atom. The molecule has 1 fully saturated rings. The van der Waals surface area contributed by atoms with Crippen molar-refractivity contribution in [2.45, 2.75) is 25.0 Å². The molecular weight excluding hydrogens is 206 g/mol. The van der Waals surface area contributed by atoms with E-state index in [0.717, 1.165) is 31.6 Å². The predicted octanol–water partition coefficient (Wildman–Crippen LogP) is 0.615. The third-order valence-electron chi connectivity index (χ3n) is 2.84. The average molecular weight is 225 g/mol. The third-order valence-corrected chi connectivity index (χ3v) is 2.84. The van der Waals surface area contributed by atoms with E-state index < -0.39 is 0 Å². The fourth-order valence-electron chi connectivity index (χ4n) is 1.92. The van der Waals surface area contributed by atoms with Crippen molar-refractivity contribution < 1.29 is 9.47 Å². The van der Waals surface area contributed by atoms with Gasteiger partial charge in [0.1, 0.15) is 0 Å². The molecule has 2 rings (SSSR count). The summed E-state index contributed by atoms with van der Waals surface area (Å²) in [5, 5.41) is 4.13. The van der Waals surface area contributed by atoms with Crippen molar-refractivity contribution >= 4 is 0 Å². The van der Waals surface area contributed by atoms with Gasteiger partial charge in [-0.2, -0.15) is 5.10 Å². The highest BCUT2D eigenvalue weighted by Gasteiger charge is 2.20. The molecule has 0 bridgehead atoms. The lowest BCUT2D eigenvalue weighted by molar-refractivity contribution is -0.0665. The Labute approximate surface area is 95.5 Å². The van der Waals surface area contributed by atoms with Crippen LogP contribution in [0.1, 0.15) is 24.5 Å². The second-order valence-electron chi connectivity index (χ2n) is 4.12. The molecule has 1 aromatic heterocycles. The molecule has 2 heterocycles. The van der Waals surface area contributed by atoms with Gasteiger partial charge in [0.25, 0.3) is 0 Å². The van der Waals surface area contributed by atoms with Gasteiger partial charge in [0.05, 0.1) is 18.4 Å². The van der Waals surface area contributed by atoms with Crippen LogP contribution in [0.25, 0.3) is 0 Å². The number of ether oxygens (including phenoxy) is 2. The Kier molecular flexibility index (Phi) is 3.93. The molecule has 1 aliphatic rings. The monoisotopic (exact) mass is 225 g/mol. The van der Waals surface area contributed by atoms with Gasteiger partial charge in [0.15, 0.2) is 0 Å². The van der Waals surface area contributed by atoms with Gasteiger partial charge >= 0.3 is 0 Å². The summed E-state index contributed by atoms with van der Waals surface area (Å²) in [6.45, 7) is 2.06. The van der Waals surface area contributed by atoms with Gasteiger partial charge in [-0.05, 0) is 12.8 Å². The van der Waals surface area contributed by atoms with Crippen LogP contribution in [-0.2, 0) is 16.5 Å². The van der Waals surface area contributed by atoms with E-state index in [0.29, 0.717) is 6.54 Å². The first-order valence-electron chi connectivity index (χ1n) is 5.71. The van der Waals surface area contributed by atoms with E-state index in [1.165, 1.54) is 0 Å². The fourth-order valence-corrected chi connectivity index (χ4v) is 1.92. The lowest BCUT2D eigenvalue weighted by Crippen LogP contribution is -2.28. The summed E-state index contributed by atoms with van der Waals surface area (Å²) in [6.07, 6.45) is 5.90. The molecule has 1 saturated heterocycles. The first-order chi connectivity index (χ1) is 7.79. The summed E-state index contributed by atoms with van der Waals surface area (Å²) in [5.41, 5.74) is 6.79. The van der Waals surface area contributed by atoms with Crippen LogP contribution in [0, 0.1) is 0 Å². The first-order valence-corrected chi connectivity index (χ1v) is 5.71. The highest BCUT2D eigenvalue weighted by molar-refractivity contribution is 5.08. The SMILES string of the molecule is Cn1cc(C(CN)OC2CCOCC2)cn1. The highest BCUT2D eigenvalue weighted by atomic mass is 16.5. The van der Waals surface area contributed by atoms with Gasteiger partial charge in [0, 0.05) is 38.6 Å². The molecule has 1 unspecified atom stereocenters. The van der Waals surface area contributed by atoms with E-state index in [1.54, 1.807) is 4.68 Å². The zero-order valence-electron chi connectivity index (χ0n) is 9.63. The number of aryl methyl sites for hydroxylation is 1. The molecular formula is C11H19N3O2. The minimum atomic E-state index is -0.0446. The number of rotatable bonds is 4. The zero-order valence-corrected chi connectivity index (χ0v) is 9.63. The summed E-state index contributed by atoms with van der Waals surface area (Å²) in [7, 11) is 1.89. The number of hydrogen-bond donors (Lipinski definition) is 1. The summed E-state index contributed by atoms with van der Waals surface area (Å²) < 4.78 is 13.0. The van der Waals surface area contributed by atoms with Crippen LogP contribution in [0.5, 0.6) is 0 Å². The summed E-state index contributed by atoms with van der Waals surface area (Å²) in [4.78, 5) is 0. The van der Waals surface area contributed by atoms with Crippen LogP contribution in [0.3, 0.4) is 0 Å². The van der Waals surface area contributed by atoms with E-state index >= 15 is 0 Å². The minimum absolute atomic E-state index is 0.0446. The Balaban J connectivity index is 1.94. The van der Waals surface area contributed by atoms with Gasteiger partial charge in [-0.1, -0.05) is 0 Å². The number of nitrogens with zero attached hydrogens (tertiary/aromatic N) is 2. The number of hydrogen-bond acceptors (Lipinski definition) is 4.